The van der Waals surface area contributed by atoms with Crippen molar-refractivity contribution in [1.82, 2.24) is 14.5 Å². The summed E-state index contributed by atoms with van der Waals surface area (Å²) >= 11 is 0. The second-order valence-electron chi connectivity index (χ2n) is 9.94. The number of nitrogens with zero attached hydrogens (tertiary/aromatic N) is 3. The van der Waals surface area contributed by atoms with E-state index in [0.717, 1.165) is 23.3 Å². The second-order valence-corrected chi connectivity index (χ2v) is 9.94. The lowest BCUT2D eigenvalue weighted by Gasteiger charge is -2.17. The number of ether oxygens (including phenoxy) is 1. The molecule has 0 aliphatic heterocycles. The van der Waals surface area contributed by atoms with E-state index in [4.69, 9.17) is 4.74 Å². The van der Waals surface area contributed by atoms with Crippen LogP contribution >= 0.6 is 0 Å². The Kier molecular flexibility index (Phi) is 5.11. The highest BCUT2D eigenvalue weighted by atomic mass is 19.4. The van der Waals surface area contributed by atoms with Gasteiger partial charge >= 0.3 is 12.1 Å². The van der Waals surface area contributed by atoms with Gasteiger partial charge in [0.1, 0.15) is 12.1 Å². The van der Waals surface area contributed by atoms with Gasteiger partial charge in [0.05, 0.1) is 17.1 Å². The number of halogens is 5. The fraction of sp³-hybridized carbons (Fsp3) is 0.296. The van der Waals surface area contributed by atoms with E-state index in [-0.39, 0.29) is 23.7 Å². The molecule has 1 fully saturated rings. The van der Waals surface area contributed by atoms with Gasteiger partial charge in [-0.1, -0.05) is 19.1 Å². The minimum atomic E-state index is -4.92. The SMILES string of the molecule is Cc1c(COc2cc3c(cn2)C2(C)C(C3)C2C(=O)O)cccc1-n1c(C(F)(F)F)nc2ccc(F)c(F)c21. The van der Waals surface area contributed by atoms with Crippen LogP contribution in [0.1, 0.15) is 35.0 Å². The normalized spacial score (nSPS) is 21.9. The van der Waals surface area contributed by atoms with E-state index in [1.54, 1.807) is 25.3 Å². The molecular weight excluding hydrogens is 509 g/mol. The number of benzene rings is 2. The largest absolute Gasteiger partial charge is 0.481 e. The van der Waals surface area contributed by atoms with Gasteiger partial charge in [-0.2, -0.15) is 13.2 Å². The minimum absolute atomic E-state index is 0.0138. The maximum absolute atomic E-state index is 14.7. The lowest BCUT2D eigenvalue weighted by atomic mass is 9.96. The van der Waals surface area contributed by atoms with Crippen LogP contribution in [-0.2, 0) is 29.4 Å². The second kappa shape index (κ2) is 7.99. The van der Waals surface area contributed by atoms with Crippen molar-refractivity contribution >= 4 is 17.0 Å². The molecule has 0 bridgehead atoms. The number of hydrogen-bond acceptors (Lipinski definition) is 4. The van der Waals surface area contributed by atoms with Gasteiger partial charge in [0, 0.05) is 17.7 Å². The van der Waals surface area contributed by atoms with E-state index in [1.807, 2.05) is 6.92 Å². The van der Waals surface area contributed by atoms with E-state index in [1.165, 1.54) is 12.1 Å². The summed E-state index contributed by atoms with van der Waals surface area (Å²) in [6, 6.07) is 8.03. The van der Waals surface area contributed by atoms with E-state index < -0.39 is 46.5 Å². The van der Waals surface area contributed by atoms with Crippen LogP contribution in [0.15, 0.2) is 42.6 Å². The van der Waals surface area contributed by atoms with Gasteiger partial charge in [0.15, 0.2) is 11.6 Å². The quantitative estimate of drug-likeness (QED) is 0.333. The fourth-order valence-corrected chi connectivity index (χ4v) is 5.92. The van der Waals surface area contributed by atoms with Gasteiger partial charge in [-0.25, -0.2) is 18.7 Å². The summed E-state index contributed by atoms with van der Waals surface area (Å²) in [5.41, 5.74) is 1.35. The first-order valence-electron chi connectivity index (χ1n) is 11.8. The number of carboxylic acid groups (broad SMARTS) is 1. The molecule has 196 valence electrons. The molecule has 0 saturated heterocycles. The molecule has 2 aliphatic carbocycles. The van der Waals surface area contributed by atoms with Crippen molar-refractivity contribution in [3.8, 4) is 11.6 Å². The Morgan fingerprint density at radius 2 is 2.00 bits per heavy atom. The molecule has 38 heavy (non-hydrogen) atoms. The predicted octanol–water partition coefficient (Wildman–Crippen LogP) is 5.75. The average Bonchev–Trinajstić information content (AvgIpc) is 3.13. The first-order chi connectivity index (χ1) is 17.9. The first-order valence-corrected chi connectivity index (χ1v) is 11.8. The van der Waals surface area contributed by atoms with Crippen LogP contribution in [0.4, 0.5) is 22.0 Å². The summed E-state index contributed by atoms with van der Waals surface area (Å²) in [6.07, 6.45) is -2.69. The molecule has 0 spiro atoms. The van der Waals surface area contributed by atoms with Crippen LogP contribution in [0.3, 0.4) is 0 Å². The summed E-state index contributed by atoms with van der Waals surface area (Å²) in [5, 5.41) is 9.43. The Bertz CT molecular complexity index is 1650. The third-order valence-electron chi connectivity index (χ3n) is 7.96. The van der Waals surface area contributed by atoms with Crippen LogP contribution < -0.4 is 4.74 Å². The van der Waals surface area contributed by atoms with E-state index in [0.29, 0.717) is 28.0 Å². The van der Waals surface area contributed by atoms with Gasteiger partial charge in [-0.05, 0) is 59.7 Å². The van der Waals surface area contributed by atoms with E-state index in [2.05, 4.69) is 9.97 Å². The summed E-state index contributed by atoms with van der Waals surface area (Å²) in [5.74, 6) is -5.01. The molecule has 0 radical (unpaired) electrons. The molecule has 4 aromatic rings. The standard InChI is InChI=1S/C27H20F5N3O3/c1-12-13(11-38-20-9-14-8-15-21(24(36)37)26(15,2)16(14)10-33-20)4-3-5-19(12)35-23-18(7-6-17(28)22(23)29)34-25(35)27(30,31)32/h3-7,9-10,15,21H,8,11H2,1-2H3,(H,36,37). The Morgan fingerprint density at radius 3 is 2.71 bits per heavy atom. The van der Waals surface area contributed by atoms with Crippen LogP contribution in [0, 0.1) is 30.4 Å². The Morgan fingerprint density at radius 1 is 1.24 bits per heavy atom. The molecule has 2 aromatic heterocycles. The molecular formula is C27H20F5N3O3. The molecule has 2 aliphatic rings. The molecule has 3 atom stereocenters. The number of pyridine rings is 1. The third-order valence-corrected chi connectivity index (χ3v) is 7.96. The number of aliphatic carboxylic acids is 1. The van der Waals surface area contributed by atoms with Crippen molar-refractivity contribution in [1.29, 1.82) is 0 Å². The zero-order valence-corrected chi connectivity index (χ0v) is 20.1. The number of carbonyl (C=O) groups is 1. The molecule has 6 rings (SSSR count). The number of fused-ring (bicyclic) bond motifs is 4. The Balaban J connectivity index is 1.33. The molecule has 2 heterocycles. The van der Waals surface area contributed by atoms with Gasteiger partial charge in [-0.15, -0.1) is 0 Å². The number of alkyl halides is 3. The monoisotopic (exact) mass is 529 g/mol. The number of imidazole rings is 1. The molecule has 11 heteroatoms. The first kappa shape index (κ1) is 24.3. The van der Waals surface area contributed by atoms with Crippen LogP contribution in [0.2, 0.25) is 0 Å². The molecule has 2 aromatic carbocycles. The zero-order valence-electron chi connectivity index (χ0n) is 20.1. The van der Waals surface area contributed by atoms with Crippen molar-refractivity contribution in [3.05, 3.63) is 82.3 Å². The predicted molar refractivity (Wildman–Crippen MR) is 125 cm³/mol. The highest BCUT2D eigenvalue weighted by Gasteiger charge is 2.69. The minimum Gasteiger partial charge on any atom is -0.481 e. The Labute approximate surface area is 212 Å². The number of rotatable bonds is 5. The van der Waals surface area contributed by atoms with Crippen molar-refractivity contribution in [3.63, 3.8) is 0 Å². The lowest BCUT2D eigenvalue weighted by Crippen LogP contribution is -2.15. The maximum atomic E-state index is 14.7. The van der Waals surface area contributed by atoms with Gasteiger partial charge in [0.2, 0.25) is 11.7 Å². The molecule has 3 unspecified atom stereocenters. The lowest BCUT2D eigenvalue weighted by molar-refractivity contribution is -0.145. The molecule has 6 nitrogen and oxygen atoms in total. The highest BCUT2D eigenvalue weighted by Crippen LogP contribution is 2.66. The molecule has 1 N–H and O–H groups in total. The van der Waals surface area contributed by atoms with E-state index >= 15 is 0 Å². The number of hydrogen-bond donors (Lipinski definition) is 1. The average molecular weight is 529 g/mol. The highest BCUT2D eigenvalue weighted by molar-refractivity contribution is 5.80. The summed E-state index contributed by atoms with van der Waals surface area (Å²) in [7, 11) is 0. The third kappa shape index (κ3) is 3.40. The molecule has 1 saturated carbocycles. The maximum Gasteiger partial charge on any atom is 0.450 e. The smallest absolute Gasteiger partial charge is 0.450 e. The van der Waals surface area contributed by atoms with Crippen molar-refractivity contribution in [2.45, 2.75) is 38.5 Å². The van der Waals surface area contributed by atoms with Crippen molar-refractivity contribution in [2.24, 2.45) is 11.8 Å². The summed E-state index contributed by atoms with van der Waals surface area (Å²) in [6.45, 7) is 3.44. The van der Waals surface area contributed by atoms with Crippen molar-refractivity contribution < 1.29 is 36.6 Å². The zero-order chi connectivity index (χ0) is 27.1. The van der Waals surface area contributed by atoms with Crippen LogP contribution in [-0.4, -0.2) is 25.6 Å². The number of carboxylic acids is 1. The topological polar surface area (TPSA) is 77.2 Å². The van der Waals surface area contributed by atoms with Crippen molar-refractivity contribution in [2.75, 3.05) is 0 Å². The fourth-order valence-electron chi connectivity index (χ4n) is 5.92. The van der Waals surface area contributed by atoms with Gasteiger partial charge < -0.3 is 9.84 Å². The van der Waals surface area contributed by atoms with Gasteiger partial charge in [0.25, 0.3) is 0 Å². The van der Waals surface area contributed by atoms with Gasteiger partial charge in [-0.3, -0.25) is 9.36 Å². The number of aromatic nitrogens is 3. The summed E-state index contributed by atoms with van der Waals surface area (Å²) in [4.78, 5) is 19.4. The Hall–Kier alpha value is -4.02. The van der Waals surface area contributed by atoms with E-state index in [9.17, 15) is 31.9 Å². The molecule has 0 amide bonds. The van der Waals surface area contributed by atoms with Crippen LogP contribution in [0.25, 0.3) is 16.7 Å². The summed E-state index contributed by atoms with van der Waals surface area (Å²) < 4.78 is 76.8. The van der Waals surface area contributed by atoms with Crippen LogP contribution in [0.5, 0.6) is 5.88 Å².